The Kier molecular flexibility index (Phi) is 16.5. The molecule has 0 bridgehead atoms. The summed E-state index contributed by atoms with van der Waals surface area (Å²) in [4.78, 5) is 12.1. The van der Waals surface area contributed by atoms with Gasteiger partial charge in [0, 0.05) is 12.0 Å². The van der Waals surface area contributed by atoms with Gasteiger partial charge in [0.05, 0.1) is 33.9 Å². The summed E-state index contributed by atoms with van der Waals surface area (Å²) in [6, 6.07) is 19.0. The summed E-state index contributed by atoms with van der Waals surface area (Å²) in [6.07, 6.45) is 16.0. The quantitative estimate of drug-likeness (QED) is 0.0879. The Labute approximate surface area is 233 Å². The highest BCUT2D eigenvalue weighted by molar-refractivity contribution is 5.69. The normalized spacial score (nSPS) is 11.4. The van der Waals surface area contributed by atoms with Gasteiger partial charge in [-0.25, -0.2) is 0 Å². The van der Waals surface area contributed by atoms with E-state index in [1.54, 1.807) is 0 Å². The maximum Gasteiger partial charge on any atom is 0.305 e. The van der Waals surface area contributed by atoms with Crippen LogP contribution < -0.4 is 4.74 Å². The fourth-order valence-corrected chi connectivity index (χ4v) is 4.91. The summed E-state index contributed by atoms with van der Waals surface area (Å²) >= 11 is 0. The van der Waals surface area contributed by atoms with Gasteiger partial charge < -0.3 is 14.0 Å². The van der Waals surface area contributed by atoms with E-state index >= 15 is 0 Å². The standard InChI is InChI=1S/C34H54NO3/c1-4-5-6-7-8-9-10-14-23-32-24-15-16-25-33(32)37-28-19-20-29-38-34(36)26-17-18-27-35(2,3)30-31-21-12-11-13-22-31/h11-13,15-16,21-22,24-25H,4-10,14,17-20,23,26-30H2,1-3H3/q+1. The Morgan fingerprint density at radius 2 is 1.37 bits per heavy atom. The summed E-state index contributed by atoms with van der Waals surface area (Å²) in [6.45, 7) is 5.49. The van der Waals surface area contributed by atoms with Crippen molar-refractivity contribution in [3.05, 3.63) is 65.7 Å². The Hall–Kier alpha value is -2.33. The molecule has 0 radical (unpaired) electrons. The van der Waals surface area contributed by atoms with Crippen molar-refractivity contribution >= 4 is 5.97 Å². The number of benzene rings is 2. The molecule has 0 aliphatic carbocycles. The molecule has 0 aliphatic heterocycles. The molecule has 0 unspecified atom stereocenters. The number of hydrogen-bond donors (Lipinski definition) is 0. The molecule has 0 saturated heterocycles. The number of quaternary nitrogens is 1. The topological polar surface area (TPSA) is 35.5 Å². The first kappa shape index (κ1) is 31.9. The number of rotatable bonds is 22. The number of ether oxygens (including phenoxy) is 2. The molecule has 2 aromatic rings. The van der Waals surface area contributed by atoms with Crippen molar-refractivity contribution in [3.63, 3.8) is 0 Å². The molecule has 0 N–H and O–H groups in total. The van der Waals surface area contributed by atoms with E-state index in [0.29, 0.717) is 19.6 Å². The van der Waals surface area contributed by atoms with Crippen LogP contribution in [-0.2, 0) is 22.5 Å². The van der Waals surface area contributed by atoms with Gasteiger partial charge in [-0.2, -0.15) is 0 Å². The van der Waals surface area contributed by atoms with E-state index in [4.69, 9.17) is 9.47 Å². The first-order valence-corrected chi connectivity index (χ1v) is 15.2. The molecular formula is C34H54NO3+. The zero-order valence-electron chi connectivity index (χ0n) is 24.6. The third kappa shape index (κ3) is 15.2. The second-order valence-electron chi connectivity index (χ2n) is 11.4. The molecule has 0 fully saturated rings. The van der Waals surface area contributed by atoms with Crippen molar-refractivity contribution in [2.24, 2.45) is 0 Å². The van der Waals surface area contributed by atoms with Crippen LogP contribution in [-0.4, -0.2) is 44.3 Å². The number of esters is 1. The minimum Gasteiger partial charge on any atom is -0.493 e. The van der Waals surface area contributed by atoms with Crippen molar-refractivity contribution in [1.82, 2.24) is 0 Å². The van der Waals surface area contributed by atoms with E-state index in [1.165, 1.54) is 62.5 Å². The van der Waals surface area contributed by atoms with E-state index in [2.05, 4.69) is 75.6 Å². The van der Waals surface area contributed by atoms with Crippen molar-refractivity contribution in [1.29, 1.82) is 0 Å². The molecule has 212 valence electrons. The minimum atomic E-state index is -0.0741. The third-order valence-electron chi connectivity index (χ3n) is 7.18. The fourth-order valence-electron chi connectivity index (χ4n) is 4.91. The number of para-hydroxylation sites is 1. The van der Waals surface area contributed by atoms with Gasteiger partial charge in [0.2, 0.25) is 0 Å². The second-order valence-corrected chi connectivity index (χ2v) is 11.4. The predicted molar refractivity (Wildman–Crippen MR) is 159 cm³/mol. The van der Waals surface area contributed by atoms with E-state index in [-0.39, 0.29) is 5.97 Å². The van der Waals surface area contributed by atoms with Gasteiger partial charge in [-0.15, -0.1) is 0 Å². The van der Waals surface area contributed by atoms with Crippen LogP contribution in [0.4, 0.5) is 0 Å². The lowest BCUT2D eigenvalue weighted by atomic mass is 10.0. The molecule has 2 rings (SSSR count). The van der Waals surface area contributed by atoms with Gasteiger partial charge in [-0.05, 0) is 50.2 Å². The van der Waals surface area contributed by atoms with Gasteiger partial charge in [-0.1, -0.05) is 100 Å². The molecule has 0 spiro atoms. The Balaban J connectivity index is 1.49. The zero-order chi connectivity index (χ0) is 27.3. The number of unbranched alkanes of at least 4 members (excludes halogenated alkanes) is 9. The van der Waals surface area contributed by atoms with Crippen LogP contribution in [0.5, 0.6) is 5.75 Å². The Bertz CT molecular complexity index is 865. The summed E-state index contributed by atoms with van der Waals surface area (Å²) < 4.78 is 12.5. The molecule has 2 aromatic carbocycles. The molecule has 0 saturated carbocycles. The predicted octanol–water partition coefficient (Wildman–Crippen LogP) is 8.52. The third-order valence-corrected chi connectivity index (χ3v) is 7.18. The van der Waals surface area contributed by atoms with Crippen molar-refractivity contribution in [2.45, 2.75) is 103 Å². The largest absolute Gasteiger partial charge is 0.493 e. The van der Waals surface area contributed by atoms with E-state index in [0.717, 1.165) is 55.4 Å². The van der Waals surface area contributed by atoms with Crippen molar-refractivity contribution < 1.29 is 18.8 Å². The van der Waals surface area contributed by atoms with E-state index < -0.39 is 0 Å². The lowest BCUT2D eigenvalue weighted by molar-refractivity contribution is -0.903. The maximum atomic E-state index is 12.1. The van der Waals surface area contributed by atoms with E-state index in [9.17, 15) is 4.79 Å². The molecule has 0 heterocycles. The summed E-state index contributed by atoms with van der Waals surface area (Å²) in [5.41, 5.74) is 2.67. The molecule has 38 heavy (non-hydrogen) atoms. The summed E-state index contributed by atoms with van der Waals surface area (Å²) in [5.74, 6) is 0.941. The molecule has 4 nitrogen and oxygen atoms in total. The number of hydrogen-bond acceptors (Lipinski definition) is 3. The highest BCUT2D eigenvalue weighted by Crippen LogP contribution is 2.21. The van der Waals surface area contributed by atoms with Crippen LogP contribution in [0, 0.1) is 0 Å². The highest BCUT2D eigenvalue weighted by atomic mass is 16.5. The highest BCUT2D eigenvalue weighted by Gasteiger charge is 2.15. The Morgan fingerprint density at radius 1 is 0.711 bits per heavy atom. The zero-order valence-corrected chi connectivity index (χ0v) is 24.6. The van der Waals surface area contributed by atoms with Gasteiger partial charge in [0.25, 0.3) is 0 Å². The number of carbonyl (C=O) groups excluding carboxylic acids is 1. The Morgan fingerprint density at radius 3 is 2.13 bits per heavy atom. The average Bonchev–Trinajstić information content (AvgIpc) is 2.91. The van der Waals surface area contributed by atoms with Crippen molar-refractivity contribution in [2.75, 3.05) is 33.9 Å². The lowest BCUT2D eigenvalue weighted by Gasteiger charge is -2.30. The first-order chi connectivity index (χ1) is 18.5. The molecule has 4 heteroatoms. The monoisotopic (exact) mass is 524 g/mol. The second kappa shape index (κ2) is 19.7. The lowest BCUT2D eigenvalue weighted by Crippen LogP contribution is -2.39. The number of aryl methyl sites for hydroxylation is 1. The first-order valence-electron chi connectivity index (χ1n) is 15.2. The van der Waals surface area contributed by atoms with Crippen molar-refractivity contribution in [3.8, 4) is 5.75 Å². The van der Waals surface area contributed by atoms with Gasteiger partial charge >= 0.3 is 5.97 Å². The van der Waals surface area contributed by atoms with Crippen LogP contribution in [0.15, 0.2) is 54.6 Å². The molecule has 0 atom stereocenters. The van der Waals surface area contributed by atoms with Gasteiger partial charge in [0.1, 0.15) is 12.3 Å². The summed E-state index contributed by atoms with van der Waals surface area (Å²) in [5, 5.41) is 0. The van der Waals surface area contributed by atoms with Gasteiger partial charge in [0.15, 0.2) is 0 Å². The van der Waals surface area contributed by atoms with Gasteiger partial charge in [-0.3, -0.25) is 4.79 Å². The molecule has 0 aromatic heterocycles. The summed E-state index contributed by atoms with van der Waals surface area (Å²) in [7, 11) is 4.50. The van der Waals surface area contributed by atoms with Crippen LogP contribution in [0.1, 0.15) is 102 Å². The number of carbonyl (C=O) groups is 1. The molecular weight excluding hydrogens is 470 g/mol. The van der Waals surface area contributed by atoms with Crippen LogP contribution >= 0.6 is 0 Å². The maximum absolute atomic E-state index is 12.1. The smallest absolute Gasteiger partial charge is 0.305 e. The van der Waals surface area contributed by atoms with Crippen LogP contribution in [0.2, 0.25) is 0 Å². The van der Waals surface area contributed by atoms with Crippen LogP contribution in [0.3, 0.4) is 0 Å². The minimum absolute atomic E-state index is 0.0741. The SMILES string of the molecule is CCCCCCCCCCc1ccccc1OCCCCOC(=O)CCCC[N+](C)(C)Cc1ccccc1. The van der Waals surface area contributed by atoms with Crippen LogP contribution in [0.25, 0.3) is 0 Å². The average molecular weight is 525 g/mol. The van der Waals surface area contributed by atoms with E-state index in [1.807, 2.05) is 0 Å². The number of nitrogens with zero attached hydrogens (tertiary/aromatic N) is 1. The molecule has 0 amide bonds. The molecule has 0 aliphatic rings. The fraction of sp³-hybridized carbons (Fsp3) is 0.618.